The molecule has 140 valence electrons. The zero-order chi connectivity index (χ0) is 17.4. The number of hydrogen-bond donors (Lipinski definition) is 1. The zero-order valence-corrected chi connectivity index (χ0v) is 16.7. The average Bonchev–Trinajstić information content (AvgIpc) is 2.51. The molecule has 0 atom stereocenters. The van der Waals surface area contributed by atoms with E-state index in [4.69, 9.17) is 0 Å². The predicted molar refractivity (Wildman–Crippen MR) is 103 cm³/mol. The Morgan fingerprint density at radius 3 is 1.48 bits per heavy atom. The second kappa shape index (κ2) is 15.4. The molecule has 0 rings (SSSR count). The highest BCUT2D eigenvalue weighted by Gasteiger charge is 2.14. The van der Waals surface area contributed by atoms with Crippen molar-refractivity contribution in [2.75, 3.05) is 18.8 Å². The highest BCUT2D eigenvalue weighted by Crippen LogP contribution is 2.13. The van der Waals surface area contributed by atoms with E-state index in [-0.39, 0.29) is 5.25 Å². The molecule has 0 saturated heterocycles. The van der Waals surface area contributed by atoms with Gasteiger partial charge in [0.2, 0.25) is 0 Å². The number of unbranched alkanes of at least 4 members (excludes halogenated alkanes) is 11. The molecule has 0 bridgehead atoms. The minimum atomic E-state index is -2.82. The maximum atomic E-state index is 11.7. The van der Waals surface area contributed by atoms with E-state index in [1.54, 1.807) is 13.8 Å². The van der Waals surface area contributed by atoms with Crippen LogP contribution in [0.4, 0.5) is 0 Å². The molecule has 0 aromatic rings. The lowest BCUT2D eigenvalue weighted by Gasteiger charge is -2.07. The third-order valence-corrected chi connectivity index (χ3v) is 6.79. The van der Waals surface area contributed by atoms with Crippen LogP contribution in [0.2, 0.25) is 0 Å². The Kier molecular flexibility index (Phi) is 15.4. The van der Waals surface area contributed by atoms with E-state index in [2.05, 4.69) is 12.2 Å². The first-order chi connectivity index (χ1) is 11.0. The van der Waals surface area contributed by atoms with Gasteiger partial charge in [-0.2, -0.15) is 0 Å². The van der Waals surface area contributed by atoms with Gasteiger partial charge in [-0.15, -0.1) is 0 Å². The number of sulfone groups is 1. The number of hydrogen-bond acceptors (Lipinski definition) is 3. The Balaban J connectivity index is 3.17. The van der Waals surface area contributed by atoms with Gasteiger partial charge in [-0.25, -0.2) is 8.42 Å². The van der Waals surface area contributed by atoms with Gasteiger partial charge >= 0.3 is 0 Å². The fourth-order valence-electron chi connectivity index (χ4n) is 2.73. The van der Waals surface area contributed by atoms with Gasteiger partial charge in [-0.3, -0.25) is 0 Å². The monoisotopic (exact) mass is 347 g/mol. The van der Waals surface area contributed by atoms with Gasteiger partial charge in [0.1, 0.15) is 0 Å². The van der Waals surface area contributed by atoms with E-state index in [0.29, 0.717) is 5.75 Å². The van der Waals surface area contributed by atoms with E-state index in [0.717, 1.165) is 19.4 Å². The highest BCUT2D eigenvalue weighted by molar-refractivity contribution is 7.91. The highest BCUT2D eigenvalue weighted by atomic mass is 32.2. The van der Waals surface area contributed by atoms with Gasteiger partial charge in [-0.1, -0.05) is 71.1 Å². The van der Waals surface area contributed by atoms with Gasteiger partial charge in [0.25, 0.3) is 0 Å². The minimum Gasteiger partial charge on any atom is -0.317 e. The van der Waals surface area contributed by atoms with Crippen LogP contribution in [0.25, 0.3) is 0 Å². The van der Waals surface area contributed by atoms with Gasteiger partial charge in [-0.05, 0) is 39.8 Å². The van der Waals surface area contributed by atoms with Crippen molar-refractivity contribution in [2.24, 2.45) is 0 Å². The fraction of sp³-hybridized carbons (Fsp3) is 1.00. The molecular weight excluding hydrogens is 306 g/mol. The molecular formula is C19H41NO2S. The quantitative estimate of drug-likeness (QED) is 0.372. The van der Waals surface area contributed by atoms with Gasteiger partial charge in [0, 0.05) is 0 Å². The molecule has 0 saturated carbocycles. The van der Waals surface area contributed by atoms with Gasteiger partial charge in [0.15, 0.2) is 9.84 Å². The van der Waals surface area contributed by atoms with Crippen LogP contribution >= 0.6 is 0 Å². The summed E-state index contributed by atoms with van der Waals surface area (Å²) in [4.78, 5) is 0. The first-order valence-corrected chi connectivity index (χ1v) is 11.6. The van der Waals surface area contributed by atoms with Crippen LogP contribution in [0.5, 0.6) is 0 Å². The SMILES string of the molecule is CCNCCCCCCCCCCCCCCS(=O)(=O)C(C)C. The molecule has 0 aromatic heterocycles. The molecule has 4 heteroatoms. The van der Waals surface area contributed by atoms with Crippen molar-refractivity contribution in [3.8, 4) is 0 Å². The summed E-state index contributed by atoms with van der Waals surface area (Å²) in [7, 11) is -2.82. The minimum absolute atomic E-state index is 0.217. The lowest BCUT2D eigenvalue weighted by atomic mass is 10.1. The Bertz CT molecular complexity index is 339. The topological polar surface area (TPSA) is 46.2 Å². The maximum Gasteiger partial charge on any atom is 0.152 e. The molecule has 0 aliphatic heterocycles. The van der Waals surface area contributed by atoms with Crippen molar-refractivity contribution in [1.82, 2.24) is 5.32 Å². The van der Waals surface area contributed by atoms with Gasteiger partial charge < -0.3 is 5.32 Å². The second-order valence-corrected chi connectivity index (χ2v) is 9.69. The molecule has 3 nitrogen and oxygen atoms in total. The molecule has 0 radical (unpaired) electrons. The summed E-state index contributed by atoms with van der Waals surface area (Å²) in [6.45, 7) is 7.98. The van der Waals surface area contributed by atoms with Crippen molar-refractivity contribution >= 4 is 9.84 Å². The molecule has 0 heterocycles. The Labute approximate surface area is 145 Å². The van der Waals surface area contributed by atoms with Crippen molar-refractivity contribution in [2.45, 2.75) is 103 Å². The van der Waals surface area contributed by atoms with Crippen LogP contribution in [0.1, 0.15) is 97.8 Å². The normalized spacial score (nSPS) is 12.2. The zero-order valence-electron chi connectivity index (χ0n) is 15.9. The van der Waals surface area contributed by atoms with E-state index >= 15 is 0 Å². The van der Waals surface area contributed by atoms with Crippen LogP contribution < -0.4 is 5.32 Å². The third-order valence-electron chi connectivity index (χ3n) is 4.50. The molecule has 0 spiro atoms. The summed E-state index contributed by atoms with van der Waals surface area (Å²) in [5, 5.41) is 3.15. The molecule has 23 heavy (non-hydrogen) atoms. The fourth-order valence-corrected chi connectivity index (χ4v) is 3.81. The van der Waals surface area contributed by atoms with E-state index in [1.807, 2.05) is 0 Å². The van der Waals surface area contributed by atoms with Crippen molar-refractivity contribution in [3.63, 3.8) is 0 Å². The summed E-state index contributed by atoms with van der Waals surface area (Å²) in [5.41, 5.74) is 0. The molecule has 0 amide bonds. The third kappa shape index (κ3) is 15.2. The van der Waals surface area contributed by atoms with Crippen LogP contribution in [0, 0.1) is 0 Å². The number of rotatable bonds is 17. The largest absolute Gasteiger partial charge is 0.317 e. The first-order valence-electron chi connectivity index (χ1n) is 9.93. The molecule has 1 N–H and O–H groups in total. The second-order valence-electron chi connectivity index (χ2n) is 7.01. The lowest BCUT2D eigenvalue weighted by molar-refractivity contribution is 0.536. The molecule has 0 aromatic carbocycles. The predicted octanol–water partition coefficient (Wildman–Crippen LogP) is 5.10. The summed E-state index contributed by atoms with van der Waals surface area (Å²) >= 11 is 0. The molecule has 0 fully saturated rings. The van der Waals surface area contributed by atoms with E-state index < -0.39 is 9.84 Å². The van der Waals surface area contributed by atoms with Crippen molar-refractivity contribution in [1.29, 1.82) is 0 Å². The summed E-state index contributed by atoms with van der Waals surface area (Å²) in [6.07, 6.45) is 15.2. The standard InChI is InChI=1S/C19H41NO2S/c1-4-20-17-15-13-11-9-7-5-6-8-10-12-14-16-18-23(21,22)19(2)3/h19-20H,4-18H2,1-3H3. The van der Waals surface area contributed by atoms with Crippen LogP contribution in [0.15, 0.2) is 0 Å². The summed E-state index contributed by atoms with van der Waals surface area (Å²) in [5.74, 6) is 0.373. The summed E-state index contributed by atoms with van der Waals surface area (Å²) < 4.78 is 23.3. The number of nitrogens with one attached hydrogen (secondary N) is 1. The molecule has 0 aliphatic carbocycles. The van der Waals surface area contributed by atoms with E-state index in [1.165, 1.54) is 70.8 Å². The average molecular weight is 348 g/mol. The summed E-state index contributed by atoms with van der Waals surface area (Å²) in [6, 6.07) is 0. The van der Waals surface area contributed by atoms with Crippen LogP contribution in [-0.4, -0.2) is 32.5 Å². The molecule has 0 aliphatic rings. The maximum absolute atomic E-state index is 11.7. The Morgan fingerprint density at radius 2 is 1.09 bits per heavy atom. The van der Waals surface area contributed by atoms with Crippen molar-refractivity contribution in [3.05, 3.63) is 0 Å². The van der Waals surface area contributed by atoms with E-state index in [9.17, 15) is 8.42 Å². The first kappa shape index (κ1) is 22.9. The van der Waals surface area contributed by atoms with Gasteiger partial charge in [0.05, 0.1) is 11.0 Å². The van der Waals surface area contributed by atoms with Crippen LogP contribution in [-0.2, 0) is 9.84 Å². The Morgan fingerprint density at radius 1 is 0.696 bits per heavy atom. The lowest BCUT2D eigenvalue weighted by Crippen LogP contribution is -2.17. The smallest absolute Gasteiger partial charge is 0.152 e. The molecule has 0 unspecified atom stereocenters. The van der Waals surface area contributed by atoms with Crippen molar-refractivity contribution < 1.29 is 8.42 Å². The van der Waals surface area contributed by atoms with Crippen LogP contribution in [0.3, 0.4) is 0 Å². The Hall–Kier alpha value is -0.0900.